The fourth-order valence-electron chi connectivity index (χ4n) is 1.66. The standard InChI is InChI=1S/C8H10N2O/c1-6-7(4-10)8(6,5-11)2-3-9/h6-7,11H,2,5H2,1H3. The van der Waals surface area contributed by atoms with Gasteiger partial charge in [-0.1, -0.05) is 6.92 Å². The van der Waals surface area contributed by atoms with Gasteiger partial charge in [0.1, 0.15) is 0 Å². The molecule has 0 saturated heterocycles. The Morgan fingerprint density at radius 2 is 2.18 bits per heavy atom. The molecule has 1 aliphatic rings. The van der Waals surface area contributed by atoms with Crippen LogP contribution in [0, 0.1) is 39.9 Å². The van der Waals surface area contributed by atoms with Crippen molar-refractivity contribution in [2.75, 3.05) is 6.61 Å². The number of hydrogen-bond acceptors (Lipinski definition) is 3. The molecule has 0 amide bonds. The summed E-state index contributed by atoms with van der Waals surface area (Å²) < 4.78 is 0. The highest BCUT2D eigenvalue weighted by atomic mass is 16.3. The zero-order valence-electron chi connectivity index (χ0n) is 6.41. The molecule has 0 aromatic heterocycles. The Balaban J connectivity index is 2.70. The summed E-state index contributed by atoms with van der Waals surface area (Å²) in [6.07, 6.45) is 0.295. The third kappa shape index (κ3) is 0.895. The SMILES string of the molecule is CC1C(C#N)C1(CO)CC#N. The van der Waals surface area contributed by atoms with Gasteiger partial charge in [0.15, 0.2) is 0 Å². The lowest BCUT2D eigenvalue weighted by Crippen LogP contribution is -2.09. The molecule has 11 heavy (non-hydrogen) atoms. The Labute approximate surface area is 65.9 Å². The second-order valence-corrected chi connectivity index (χ2v) is 3.12. The smallest absolute Gasteiger partial charge is 0.0666 e. The number of aliphatic hydroxyl groups excluding tert-OH is 1. The van der Waals surface area contributed by atoms with Crippen molar-refractivity contribution in [2.45, 2.75) is 13.3 Å². The fraction of sp³-hybridized carbons (Fsp3) is 0.750. The van der Waals surface area contributed by atoms with Gasteiger partial charge in [-0.2, -0.15) is 10.5 Å². The maximum atomic E-state index is 8.96. The van der Waals surface area contributed by atoms with E-state index in [0.717, 1.165) is 0 Å². The third-order valence-corrected chi connectivity index (χ3v) is 2.76. The minimum Gasteiger partial charge on any atom is -0.396 e. The first-order valence-corrected chi connectivity index (χ1v) is 3.60. The molecule has 1 fully saturated rings. The lowest BCUT2D eigenvalue weighted by molar-refractivity contribution is 0.198. The molecule has 0 spiro atoms. The van der Waals surface area contributed by atoms with Crippen LogP contribution < -0.4 is 0 Å². The predicted molar refractivity (Wildman–Crippen MR) is 38.0 cm³/mol. The summed E-state index contributed by atoms with van der Waals surface area (Å²) in [7, 11) is 0. The van der Waals surface area contributed by atoms with Gasteiger partial charge in [-0.05, 0) is 5.92 Å². The molecular weight excluding hydrogens is 140 g/mol. The van der Waals surface area contributed by atoms with Gasteiger partial charge in [-0.15, -0.1) is 0 Å². The Hall–Kier alpha value is -1.06. The first-order valence-electron chi connectivity index (χ1n) is 3.60. The van der Waals surface area contributed by atoms with Gasteiger partial charge in [0, 0.05) is 11.8 Å². The quantitative estimate of drug-likeness (QED) is 0.629. The van der Waals surface area contributed by atoms with E-state index in [-0.39, 0.29) is 18.4 Å². The molecule has 0 aliphatic heterocycles. The molecular formula is C8H10N2O. The number of nitriles is 2. The molecule has 0 heterocycles. The molecule has 1 rings (SSSR count). The number of aliphatic hydroxyl groups is 1. The summed E-state index contributed by atoms with van der Waals surface area (Å²) in [6.45, 7) is 1.86. The van der Waals surface area contributed by atoms with Crippen LogP contribution in [0.25, 0.3) is 0 Å². The van der Waals surface area contributed by atoms with E-state index in [2.05, 4.69) is 6.07 Å². The van der Waals surface area contributed by atoms with Crippen LogP contribution in [0.15, 0.2) is 0 Å². The summed E-state index contributed by atoms with van der Waals surface area (Å²) in [5, 5.41) is 26.0. The van der Waals surface area contributed by atoms with Gasteiger partial charge in [0.25, 0.3) is 0 Å². The normalized spacial score (nSPS) is 40.7. The van der Waals surface area contributed by atoms with Gasteiger partial charge in [-0.3, -0.25) is 0 Å². The van der Waals surface area contributed by atoms with E-state index in [9.17, 15) is 0 Å². The molecule has 1 N–H and O–H groups in total. The topological polar surface area (TPSA) is 67.8 Å². The molecule has 3 unspecified atom stereocenters. The van der Waals surface area contributed by atoms with Crippen LogP contribution in [0.1, 0.15) is 13.3 Å². The van der Waals surface area contributed by atoms with E-state index >= 15 is 0 Å². The Morgan fingerprint density at radius 3 is 2.45 bits per heavy atom. The highest BCUT2D eigenvalue weighted by Crippen LogP contribution is 2.59. The lowest BCUT2D eigenvalue weighted by atomic mass is 10.0. The second-order valence-electron chi connectivity index (χ2n) is 3.12. The largest absolute Gasteiger partial charge is 0.396 e. The molecule has 3 atom stereocenters. The summed E-state index contributed by atoms with van der Waals surface area (Å²) in [5.41, 5.74) is -0.399. The number of hydrogen-bond donors (Lipinski definition) is 1. The molecule has 1 saturated carbocycles. The molecule has 3 heteroatoms. The van der Waals surface area contributed by atoms with Crippen molar-refractivity contribution in [3.8, 4) is 12.1 Å². The first-order chi connectivity index (χ1) is 5.22. The highest BCUT2D eigenvalue weighted by Gasteiger charge is 2.61. The van der Waals surface area contributed by atoms with Crippen LogP contribution in [-0.4, -0.2) is 11.7 Å². The van der Waals surface area contributed by atoms with E-state index in [0.29, 0.717) is 6.42 Å². The van der Waals surface area contributed by atoms with Crippen molar-refractivity contribution in [1.29, 1.82) is 10.5 Å². The van der Waals surface area contributed by atoms with Crippen LogP contribution in [0.3, 0.4) is 0 Å². The lowest BCUT2D eigenvalue weighted by Gasteiger charge is -2.05. The van der Waals surface area contributed by atoms with Crippen molar-refractivity contribution in [3.63, 3.8) is 0 Å². The number of rotatable bonds is 2. The van der Waals surface area contributed by atoms with Gasteiger partial charge in [0.2, 0.25) is 0 Å². The minimum atomic E-state index is -0.399. The van der Waals surface area contributed by atoms with Crippen LogP contribution in [-0.2, 0) is 0 Å². The average Bonchev–Trinajstić information content (AvgIpc) is 2.57. The zero-order chi connectivity index (χ0) is 8.48. The van der Waals surface area contributed by atoms with Gasteiger partial charge in [-0.25, -0.2) is 0 Å². The van der Waals surface area contributed by atoms with Gasteiger partial charge >= 0.3 is 0 Å². The van der Waals surface area contributed by atoms with Crippen molar-refractivity contribution in [1.82, 2.24) is 0 Å². The van der Waals surface area contributed by atoms with Crippen molar-refractivity contribution < 1.29 is 5.11 Å². The molecule has 1 aliphatic carbocycles. The highest BCUT2D eigenvalue weighted by molar-refractivity contribution is 5.19. The summed E-state index contributed by atoms with van der Waals surface area (Å²) in [5.74, 6) is 0.0595. The van der Waals surface area contributed by atoms with E-state index in [1.165, 1.54) is 0 Å². The van der Waals surface area contributed by atoms with Crippen molar-refractivity contribution in [3.05, 3.63) is 0 Å². The molecule has 3 nitrogen and oxygen atoms in total. The summed E-state index contributed by atoms with van der Waals surface area (Å²) >= 11 is 0. The molecule has 0 aromatic carbocycles. The monoisotopic (exact) mass is 150 g/mol. The summed E-state index contributed by atoms with van der Waals surface area (Å²) in [6, 6.07) is 4.11. The minimum absolute atomic E-state index is 0.0417. The molecule has 0 aromatic rings. The van der Waals surface area contributed by atoms with Crippen LogP contribution in [0.2, 0.25) is 0 Å². The average molecular weight is 150 g/mol. The maximum absolute atomic E-state index is 8.96. The molecule has 58 valence electrons. The predicted octanol–water partition coefficient (Wildman–Crippen LogP) is 0.668. The van der Waals surface area contributed by atoms with Crippen LogP contribution in [0.4, 0.5) is 0 Å². The van der Waals surface area contributed by atoms with Gasteiger partial charge < -0.3 is 5.11 Å². The second kappa shape index (κ2) is 2.53. The Morgan fingerprint density at radius 1 is 1.55 bits per heavy atom. The molecule has 0 bridgehead atoms. The Bertz CT molecular complexity index is 237. The van der Waals surface area contributed by atoms with Crippen molar-refractivity contribution >= 4 is 0 Å². The number of nitrogens with zero attached hydrogens (tertiary/aromatic N) is 2. The maximum Gasteiger partial charge on any atom is 0.0666 e. The first kappa shape index (κ1) is 8.04. The van der Waals surface area contributed by atoms with E-state index < -0.39 is 5.41 Å². The third-order valence-electron chi connectivity index (χ3n) is 2.76. The van der Waals surface area contributed by atoms with Crippen molar-refractivity contribution in [2.24, 2.45) is 17.3 Å². The van der Waals surface area contributed by atoms with E-state index in [1.54, 1.807) is 0 Å². The van der Waals surface area contributed by atoms with Gasteiger partial charge in [0.05, 0.1) is 24.7 Å². The Kier molecular flexibility index (Phi) is 1.85. The molecule has 0 radical (unpaired) electrons. The van der Waals surface area contributed by atoms with Crippen LogP contribution >= 0.6 is 0 Å². The van der Waals surface area contributed by atoms with E-state index in [1.807, 2.05) is 13.0 Å². The van der Waals surface area contributed by atoms with E-state index in [4.69, 9.17) is 15.6 Å². The van der Waals surface area contributed by atoms with Crippen LogP contribution in [0.5, 0.6) is 0 Å². The summed E-state index contributed by atoms with van der Waals surface area (Å²) in [4.78, 5) is 0. The fourth-order valence-corrected chi connectivity index (χ4v) is 1.66. The zero-order valence-corrected chi connectivity index (χ0v) is 6.41.